The molecule has 1 N–H and O–H groups in total. The lowest BCUT2D eigenvalue weighted by molar-refractivity contribution is -0.125. The molecule has 0 bridgehead atoms. The molecule has 0 saturated heterocycles. The lowest BCUT2D eigenvalue weighted by Gasteiger charge is -2.32. The molecule has 154 valence electrons. The summed E-state index contributed by atoms with van der Waals surface area (Å²) in [5, 5.41) is 2.96. The van der Waals surface area contributed by atoms with Crippen molar-refractivity contribution in [2.75, 3.05) is 36.5 Å². The SMILES string of the molecule is CC1Oc2ccccc2N(CCC(=O)NCCCCN(C)c2ccccc2)C1=O. The molecular weight excluding hydrogens is 366 g/mol. The fraction of sp³-hybridized carbons (Fsp3) is 0.391. The van der Waals surface area contributed by atoms with E-state index in [1.54, 1.807) is 11.8 Å². The predicted molar refractivity (Wildman–Crippen MR) is 115 cm³/mol. The van der Waals surface area contributed by atoms with E-state index >= 15 is 0 Å². The van der Waals surface area contributed by atoms with Crippen molar-refractivity contribution in [3.8, 4) is 5.75 Å². The highest BCUT2D eigenvalue weighted by molar-refractivity contribution is 6.00. The molecule has 0 aromatic heterocycles. The van der Waals surface area contributed by atoms with Crippen LogP contribution in [0.2, 0.25) is 0 Å². The van der Waals surface area contributed by atoms with Crippen molar-refractivity contribution in [2.45, 2.75) is 32.3 Å². The Kier molecular flexibility index (Phi) is 7.11. The summed E-state index contributed by atoms with van der Waals surface area (Å²) < 4.78 is 5.63. The Morgan fingerprint density at radius 2 is 1.83 bits per heavy atom. The molecule has 1 atom stereocenters. The molecule has 6 nitrogen and oxygen atoms in total. The molecular formula is C23H29N3O3. The average Bonchev–Trinajstić information content (AvgIpc) is 2.74. The maximum atomic E-state index is 12.4. The van der Waals surface area contributed by atoms with Gasteiger partial charge in [0.25, 0.3) is 5.91 Å². The lowest BCUT2D eigenvalue weighted by atomic mass is 10.1. The molecule has 0 spiro atoms. The van der Waals surface area contributed by atoms with Gasteiger partial charge in [-0.25, -0.2) is 0 Å². The van der Waals surface area contributed by atoms with Gasteiger partial charge in [0.15, 0.2) is 6.10 Å². The molecule has 1 aliphatic rings. The van der Waals surface area contributed by atoms with Gasteiger partial charge in [0.1, 0.15) is 5.75 Å². The number of hydrogen-bond acceptors (Lipinski definition) is 4. The second-order valence-corrected chi connectivity index (χ2v) is 7.28. The summed E-state index contributed by atoms with van der Waals surface area (Å²) >= 11 is 0. The number of unbranched alkanes of at least 4 members (excludes halogenated alkanes) is 1. The second-order valence-electron chi connectivity index (χ2n) is 7.28. The van der Waals surface area contributed by atoms with Gasteiger partial charge in [0.2, 0.25) is 5.91 Å². The lowest BCUT2D eigenvalue weighted by Crippen LogP contribution is -2.45. The largest absolute Gasteiger partial charge is 0.479 e. The Morgan fingerprint density at radius 3 is 2.62 bits per heavy atom. The number of nitrogens with zero attached hydrogens (tertiary/aromatic N) is 2. The van der Waals surface area contributed by atoms with Crippen LogP contribution >= 0.6 is 0 Å². The van der Waals surface area contributed by atoms with Gasteiger partial charge < -0.3 is 19.9 Å². The van der Waals surface area contributed by atoms with E-state index in [0.717, 1.165) is 25.1 Å². The van der Waals surface area contributed by atoms with Crippen molar-refractivity contribution in [1.82, 2.24) is 5.32 Å². The molecule has 1 heterocycles. The molecule has 0 radical (unpaired) electrons. The molecule has 0 fully saturated rings. The highest BCUT2D eigenvalue weighted by Gasteiger charge is 2.31. The third-order valence-corrected chi connectivity index (χ3v) is 5.08. The van der Waals surface area contributed by atoms with Crippen molar-refractivity contribution in [2.24, 2.45) is 0 Å². The third-order valence-electron chi connectivity index (χ3n) is 5.08. The third kappa shape index (κ3) is 5.50. The van der Waals surface area contributed by atoms with E-state index < -0.39 is 6.10 Å². The molecule has 2 aromatic carbocycles. The first kappa shape index (κ1) is 20.7. The molecule has 0 saturated carbocycles. The van der Waals surface area contributed by atoms with Crippen LogP contribution in [0.3, 0.4) is 0 Å². The Bertz CT molecular complexity index is 825. The van der Waals surface area contributed by atoms with Gasteiger partial charge in [-0.05, 0) is 44.0 Å². The molecule has 3 rings (SSSR count). The summed E-state index contributed by atoms with van der Waals surface area (Å²) in [6.07, 6.45) is 1.66. The normalized spacial score (nSPS) is 15.4. The van der Waals surface area contributed by atoms with Crippen molar-refractivity contribution in [3.05, 3.63) is 54.6 Å². The van der Waals surface area contributed by atoms with Gasteiger partial charge in [-0.3, -0.25) is 9.59 Å². The number of anilines is 2. The fourth-order valence-corrected chi connectivity index (χ4v) is 3.40. The van der Waals surface area contributed by atoms with Gasteiger partial charge in [-0.15, -0.1) is 0 Å². The van der Waals surface area contributed by atoms with Crippen LogP contribution in [0, 0.1) is 0 Å². The topological polar surface area (TPSA) is 61.9 Å². The summed E-state index contributed by atoms with van der Waals surface area (Å²) in [7, 11) is 2.08. The van der Waals surface area contributed by atoms with Gasteiger partial charge in [0.05, 0.1) is 5.69 Å². The van der Waals surface area contributed by atoms with Crippen LogP contribution in [0.4, 0.5) is 11.4 Å². The van der Waals surface area contributed by atoms with Crippen LogP contribution in [0.1, 0.15) is 26.2 Å². The number of rotatable bonds is 9. The van der Waals surface area contributed by atoms with E-state index in [-0.39, 0.29) is 18.2 Å². The van der Waals surface area contributed by atoms with Gasteiger partial charge in [-0.2, -0.15) is 0 Å². The number of carbonyl (C=O) groups excluding carboxylic acids is 2. The van der Waals surface area contributed by atoms with Gasteiger partial charge >= 0.3 is 0 Å². The summed E-state index contributed by atoms with van der Waals surface area (Å²) in [5.74, 6) is 0.536. The van der Waals surface area contributed by atoms with E-state index in [1.165, 1.54) is 5.69 Å². The standard InChI is InChI=1S/C23H29N3O3/c1-18-23(28)26(20-12-6-7-13-21(20)29-18)17-14-22(27)24-15-8-9-16-25(2)19-10-4-3-5-11-19/h3-7,10-13,18H,8-9,14-17H2,1-2H3,(H,24,27). The van der Waals surface area contributed by atoms with Crippen molar-refractivity contribution in [1.29, 1.82) is 0 Å². The van der Waals surface area contributed by atoms with Gasteiger partial charge in [0, 0.05) is 38.8 Å². The van der Waals surface area contributed by atoms with Gasteiger partial charge in [-0.1, -0.05) is 30.3 Å². The average molecular weight is 396 g/mol. The number of fused-ring (bicyclic) bond motifs is 1. The highest BCUT2D eigenvalue weighted by atomic mass is 16.5. The monoisotopic (exact) mass is 395 g/mol. The number of nitrogens with one attached hydrogen (secondary N) is 1. The van der Waals surface area contributed by atoms with Crippen LogP contribution in [-0.2, 0) is 9.59 Å². The molecule has 29 heavy (non-hydrogen) atoms. The quantitative estimate of drug-likeness (QED) is 0.662. The molecule has 2 amide bonds. The zero-order chi connectivity index (χ0) is 20.6. The van der Waals surface area contributed by atoms with Crippen molar-refractivity contribution in [3.63, 3.8) is 0 Å². The zero-order valence-electron chi connectivity index (χ0n) is 17.1. The summed E-state index contributed by atoms with van der Waals surface area (Å²) in [6.45, 7) is 3.67. The minimum atomic E-state index is -0.533. The van der Waals surface area contributed by atoms with Crippen molar-refractivity contribution >= 4 is 23.2 Å². The minimum Gasteiger partial charge on any atom is -0.479 e. The molecule has 1 aliphatic heterocycles. The van der Waals surface area contributed by atoms with Crippen LogP contribution in [0.5, 0.6) is 5.75 Å². The smallest absolute Gasteiger partial charge is 0.267 e. The second kappa shape index (κ2) is 9.96. The van der Waals surface area contributed by atoms with E-state index in [4.69, 9.17) is 4.74 Å². The van der Waals surface area contributed by atoms with E-state index in [2.05, 4.69) is 29.4 Å². The first-order valence-corrected chi connectivity index (χ1v) is 10.2. The van der Waals surface area contributed by atoms with E-state index in [9.17, 15) is 9.59 Å². The van der Waals surface area contributed by atoms with Crippen LogP contribution in [0.15, 0.2) is 54.6 Å². The molecule has 0 aliphatic carbocycles. The minimum absolute atomic E-state index is 0.0363. The molecule has 1 unspecified atom stereocenters. The maximum absolute atomic E-state index is 12.4. The Hall–Kier alpha value is -3.02. The fourth-order valence-electron chi connectivity index (χ4n) is 3.40. The molecule has 2 aromatic rings. The number of para-hydroxylation sites is 3. The zero-order valence-corrected chi connectivity index (χ0v) is 17.1. The first-order chi connectivity index (χ1) is 14.1. The van der Waals surface area contributed by atoms with Crippen LogP contribution in [-0.4, -0.2) is 44.6 Å². The molecule has 6 heteroatoms. The number of benzene rings is 2. The number of hydrogen-bond donors (Lipinski definition) is 1. The summed E-state index contributed by atoms with van der Waals surface area (Å²) in [6, 6.07) is 17.7. The summed E-state index contributed by atoms with van der Waals surface area (Å²) in [5.41, 5.74) is 1.92. The van der Waals surface area contributed by atoms with Crippen LogP contribution < -0.4 is 19.9 Å². The first-order valence-electron chi connectivity index (χ1n) is 10.2. The predicted octanol–water partition coefficient (Wildman–Crippen LogP) is 3.22. The number of amides is 2. The van der Waals surface area contributed by atoms with Crippen molar-refractivity contribution < 1.29 is 14.3 Å². The Balaban J connectivity index is 1.38. The van der Waals surface area contributed by atoms with E-state index in [0.29, 0.717) is 18.8 Å². The van der Waals surface area contributed by atoms with E-state index in [1.807, 2.05) is 42.5 Å². The highest BCUT2D eigenvalue weighted by Crippen LogP contribution is 2.33. The summed E-state index contributed by atoms with van der Waals surface area (Å²) in [4.78, 5) is 28.5. The maximum Gasteiger partial charge on any atom is 0.267 e. The van der Waals surface area contributed by atoms with Crippen LogP contribution in [0.25, 0.3) is 0 Å². The number of carbonyl (C=O) groups is 2. The Labute approximate surface area is 172 Å². The Morgan fingerprint density at radius 1 is 1.10 bits per heavy atom. The number of ether oxygens (including phenoxy) is 1.